The standard InChI is InChI=1S/C11H13Cl2NO4S/c1-11(2,6-10(15)16)14-19(17,18)9-4-7(12)3-8(13)5-9/h3-5,14H,6H2,1-2H3,(H,15,16). The second-order valence-corrected chi connectivity index (χ2v) is 7.22. The van der Waals surface area contributed by atoms with Gasteiger partial charge in [0, 0.05) is 15.6 Å². The van der Waals surface area contributed by atoms with Crippen LogP contribution in [0.4, 0.5) is 0 Å². The van der Waals surface area contributed by atoms with Crippen LogP contribution in [0.15, 0.2) is 23.1 Å². The van der Waals surface area contributed by atoms with Crippen molar-refractivity contribution in [2.45, 2.75) is 30.7 Å². The maximum atomic E-state index is 12.1. The van der Waals surface area contributed by atoms with Crippen molar-refractivity contribution in [3.05, 3.63) is 28.2 Å². The van der Waals surface area contributed by atoms with Crippen LogP contribution in [0, 0.1) is 0 Å². The number of carboxylic acids is 1. The Bertz CT molecular complexity index is 578. The fraction of sp³-hybridized carbons (Fsp3) is 0.364. The maximum absolute atomic E-state index is 12.1. The number of aliphatic carboxylic acids is 1. The number of nitrogens with one attached hydrogen (secondary N) is 1. The molecular formula is C11H13Cl2NO4S. The van der Waals surface area contributed by atoms with Gasteiger partial charge in [0.05, 0.1) is 11.3 Å². The van der Waals surface area contributed by atoms with Gasteiger partial charge in [0.25, 0.3) is 0 Å². The molecule has 106 valence electrons. The summed E-state index contributed by atoms with van der Waals surface area (Å²) in [5, 5.41) is 9.10. The Kier molecular flexibility index (Phi) is 4.84. The van der Waals surface area contributed by atoms with Crippen LogP contribution in [0.25, 0.3) is 0 Å². The third kappa shape index (κ3) is 4.99. The third-order valence-corrected chi connectivity index (χ3v) is 4.26. The predicted octanol–water partition coefficient (Wildman–Crippen LogP) is 2.53. The molecule has 0 unspecified atom stereocenters. The number of sulfonamides is 1. The van der Waals surface area contributed by atoms with E-state index in [9.17, 15) is 13.2 Å². The number of halogens is 2. The van der Waals surface area contributed by atoms with Gasteiger partial charge in [-0.3, -0.25) is 4.79 Å². The minimum Gasteiger partial charge on any atom is -0.481 e. The third-order valence-electron chi connectivity index (χ3n) is 2.15. The average Bonchev–Trinajstić information content (AvgIpc) is 2.11. The average molecular weight is 326 g/mol. The summed E-state index contributed by atoms with van der Waals surface area (Å²) in [5.74, 6) is -1.10. The Balaban J connectivity index is 3.08. The molecule has 0 aliphatic rings. The van der Waals surface area contributed by atoms with Gasteiger partial charge in [-0.25, -0.2) is 13.1 Å². The van der Waals surface area contributed by atoms with Crippen LogP contribution >= 0.6 is 23.2 Å². The van der Waals surface area contributed by atoms with Gasteiger partial charge in [0.1, 0.15) is 0 Å². The first-order chi connectivity index (χ1) is 8.52. The summed E-state index contributed by atoms with van der Waals surface area (Å²) >= 11 is 11.5. The Hall–Kier alpha value is -0.820. The fourth-order valence-corrected chi connectivity index (χ4v) is 3.66. The van der Waals surface area contributed by atoms with Gasteiger partial charge >= 0.3 is 5.97 Å². The number of carboxylic acid groups (broad SMARTS) is 1. The zero-order chi connectivity index (χ0) is 14.8. The van der Waals surface area contributed by atoms with Gasteiger partial charge in [0.2, 0.25) is 10.0 Å². The minimum absolute atomic E-state index is 0.108. The first-order valence-corrected chi connectivity index (χ1v) is 7.48. The van der Waals surface area contributed by atoms with Gasteiger partial charge in [-0.05, 0) is 32.0 Å². The number of carbonyl (C=O) groups is 1. The van der Waals surface area contributed by atoms with Crippen LogP contribution in [0.3, 0.4) is 0 Å². The molecule has 0 bridgehead atoms. The van der Waals surface area contributed by atoms with Crippen molar-refractivity contribution < 1.29 is 18.3 Å². The van der Waals surface area contributed by atoms with E-state index in [0.717, 1.165) is 0 Å². The molecule has 5 nitrogen and oxygen atoms in total. The molecule has 1 aromatic rings. The molecule has 1 rings (SSSR count). The highest BCUT2D eigenvalue weighted by Gasteiger charge is 2.28. The van der Waals surface area contributed by atoms with Crippen LogP contribution in [-0.4, -0.2) is 25.0 Å². The molecule has 0 radical (unpaired) electrons. The monoisotopic (exact) mass is 325 g/mol. The molecule has 0 saturated heterocycles. The number of rotatable bonds is 5. The van der Waals surface area contributed by atoms with E-state index in [2.05, 4.69) is 4.72 Å². The quantitative estimate of drug-likeness (QED) is 0.871. The summed E-state index contributed by atoms with van der Waals surface area (Å²) in [6.45, 7) is 2.95. The summed E-state index contributed by atoms with van der Waals surface area (Å²) in [6.07, 6.45) is -0.347. The van der Waals surface area contributed by atoms with E-state index in [1.165, 1.54) is 32.0 Å². The van der Waals surface area contributed by atoms with Crippen molar-refractivity contribution in [3.8, 4) is 0 Å². The first-order valence-electron chi connectivity index (χ1n) is 5.24. The van der Waals surface area contributed by atoms with Crippen molar-refractivity contribution in [2.75, 3.05) is 0 Å². The van der Waals surface area contributed by atoms with E-state index in [4.69, 9.17) is 28.3 Å². The van der Waals surface area contributed by atoms with Gasteiger partial charge in [0.15, 0.2) is 0 Å². The molecule has 1 aromatic carbocycles. The van der Waals surface area contributed by atoms with Crippen LogP contribution in [0.1, 0.15) is 20.3 Å². The summed E-state index contributed by atoms with van der Waals surface area (Å²) in [6, 6.07) is 3.89. The van der Waals surface area contributed by atoms with Crippen molar-refractivity contribution in [3.63, 3.8) is 0 Å². The smallest absolute Gasteiger partial charge is 0.305 e. The van der Waals surface area contributed by atoms with Crippen LogP contribution in [-0.2, 0) is 14.8 Å². The zero-order valence-electron chi connectivity index (χ0n) is 10.3. The zero-order valence-corrected chi connectivity index (χ0v) is 12.6. The molecule has 8 heteroatoms. The van der Waals surface area contributed by atoms with E-state index < -0.39 is 21.5 Å². The van der Waals surface area contributed by atoms with Gasteiger partial charge in [-0.2, -0.15) is 0 Å². The van der Waals surface area contributed by atoms with Gasteiger partial charge in [-0.15, -0.1) is 0 Å². The highest BCUT2D eigenvalue weighted by atomic mass is 35.5. The predicted molar refractivity (Wildman–Crippen MR) is 73.1 cm³/mol. The maximum Gasteiger partial charge on any atom is 0.305 e. The molecule has 0 spiro atoms. The molecule has 0 aromatic heterocycles. The van der Waals surface area contributed by atoms with Gasteiger partial charge in [-0.1, -0.05) is 23.2 Å². The summed E-state index contributed by atoms with van der Waals surface area (Å²) in [7, 11) is -3.89. The largest absolute Gasteiger partial charge is 0.481 e. The van der Waals surface area contributed by atoms with E-state index in [1.807, 2.05) is 0 Å². The lowest BCUT2D eigenvalue weighted by Crippen LogP contribution is -2.44. The summed E-state index contributed by atoms with van der Waals surface area (Å²) in [4.78, 5) is 10.6. The molecule has 0 fully saturated rings. The molecule has 0 heterocycles. The van der Waals surface area contributed by atoms with E-state index in [0.29, 0.717) is 0 Å². The second kappa shape index (κ2) is 5.66. The normalized spacial score (nSPS) is 12.4. The molecule has 0 atom stereocenters. The molecule has 0 aliphatic carbocycles. The molecule has 0 aliphatic heterocycles. The van der Waals surface area contributed by atoms with Crippen molar-refractivity contribution in [1.82, 2.24) is 4.72 Å². The van der Waals surface area contributed by atoms with E-state index >= 15 is 0 Å². The van der Waals surface area contributed by atoms with E-state index in [1.54, 1.807) is 0 Å². The molecule has 0 saturated carbocycles. The van der Waals surface area contributed by atoms with Crippen molar-refractivity contribution in [1.29, 1.82) is 0 Å². The van der Waals surface area contributed by atoms with E-state index in [-0.39, 0.29) is 21.4 Å². The van der Waals surface area contributed by atoms with Crippen LogP contribution in [0.5, 0.6) is 0 Å². The Labute approximate surface area is 121 Å². The lowest BCUT2D eigenvalue weighted by atomic mass is 10.0. The minimum atomic E-state index is -3.89. The Morgan fingerprint density at radius 3 is 2.16 bits per heavy atom. The summed E-state index contributed by atoms with van der Waals surface area (Å²) in [5.41, 5.74) is -1.13. The van der Waals surface area contributed by atoms with Crippen LogP contribution in [0.2, 0.25) is 10.0 Å². The number of benzene rings is 1. The SMILES string of the molecule is CC(C)(CC(=O)O)NS(=O)(=O)c1cc(Cl)cc(Cl)c1. The lowest BCUT2D eigenvalue weighted by molar-refractivity contribution is -0.138. The first kappa shape index (κ1) is 16.2. The lowest BCUT2D eigenvalue weighted by Gasteiger charge is -2.24. The van der Waals surface area contributed by atoms with Gasteiger partial charge < -0.3 is 5.11 Å². The molecule has 0 amide bonds. The van der Waals surface area contributed by atoms with Crippen molar-refractivity contribution in [2.24, 2.45) is 0 Å². The van der Waals surface area contributed by atoms with Crippen LogP contribution < -0.4 is 4.72 Å². The highest BCUT2D eigenvalue weighted by molar-refractivity contribution is 7.89. The molecule has 2 N–H and O–H groups in total. The molecule has 19 heavy (non-hydrogen) atoms. The summed E-state index contributed by atoms with van der Waals surface area (Å²) < 4.78 is 26.5. The second-order valence-electron chi connectivity index (χ2n) is 4.67. The molecular weight excluding hydrogens is 313 g/mol. The van der Waals surface area contributed by atoms with Crippen molar-refractivity contribution >= 4 is 39.2 Å². The highest BCUT2D eigenvalue weighted by Crippen LogP contribution is 2.23. The fourth-order valence-electron chi connectivity index (χ4n) is 1.52. The topological polar surface area (TPSA) is 83.5 Å². The Morgan fingerprint density at radius 2 is 1.74 bits per heavy atom. The Morgan fingerprint density at radius 1 is 1.26 bits per heavy atom. The number of hydrogen-bond donors (Lipinski definition) is 2. The number of hydrogen-bond acceptors (Lipinski definition) is 3.